The number of rotatable bonds is 7. The monoisotopic (exact) mass is 526 g/mol. The number of nitrogens with one attached hydrogen (secondary N) is 1. The van der Waals surface area contributed by atoms with E-state index in [-0.39, 0.29) is 35.7 Å². The molecule has 0 bridgehead atoms. The second kappa shape index (κ2) is 11.0. The summed E-state index contributed by atoms with van der Waals surface area (Å²) in [4.78, 5) is 30.0. The van der Waals surface area contributed by atoms with Crippen molar-refractivity contribution < 1.29 is 18.0 Å². The molecule has 1 aromatic rings. The van der Waals surface area contributed by atoms with E-state index in [2.05, 4.69) is 24.1 Å². The number of likely N-dealkylation sites (tertiary alicyclic amines) is 1. The van der Waals surface area contributed by atoms with Crippen LogP contribution in [0.1, 0.15) is 56.0 Å². The minimum Gasteiger partial charge on any atom is -0.368 e. The summed E-state index contributed by atoms with van der Waals surface area (Å²) in [6, 6.07) is 3.91. The molecule has 0 aliphatic carbocycles. The van der Waals surface area contributed by atoms with Crippen LogP contribution in [-0.4, -0.2) is 81.0 Å². The van der Waals surface area contributed by atoms with Crippen molar-refractivity contribution in [2.24, 2.45) is 11.8 Å². The summed E-state index contributed by atoms with van der Waals surface area (Å²) in [7, 11) is -1.38. The third-order valence-electron chi connectivity index (χ3n) is 7.78. The molecule has 2 amide bonds. The molecule has 35 heavy (non-hydrogen) atoms. The summed E-state index contributed by atoms with van der Waals surface area (Å²) in [5.74, 6) is -0.224. The van der Waals surface area contributed by atoms with E-state index in [0.717, 1.165) is 17.7 Å². The average Bonchev–Trinajstić information content (AvgIpc) is 2.79. The van der Waals surface area contributed by atoms with Crippen molar-refractivity contribution in [1.29, 1.82) is 0 Å². The molecule has 2 fully saturated rings. The first-order chi connectivity index (χ1) is 16.3. The number of benzene rings is 1. The molecule has 3 rings (SSSR count). The average molecular weight is 527 g/mol. The van der Waals surface area contributed by atoms with Crippen molar-refractivity contribution in [3.05, 3.63) is 28.3 Å². The molecule has 2 heterocycles. The number of sulfonamides is 1. The van der Waals surface area contributed by atoms with Gasteiger partial charge in [-0.25, -0.2) is 12.7 Å². The van der Waals surface area contributed by atoms with Gasteiger partial charge in [-0.2, -0.15) is 0 Å². The Bertz CT molecular complexity index is 1060. The molecule has 196 valence electrons. The highest BCUT2D eigenvalue weighted by atomic mass is 35.5. The van der Waals surface area contributed by atoms with Crippen LogP contribution in [0.2, 0.25) is 5.02 Å². The highest BCUT2D eigenvalue weighted by Crippen LogP contribution is 2.32. The van der Waals surface area contributed by atoms with Gasteiger partial charge in [-0.15, -0.1) is 0 Å². The van der Waals surface area contributed by atoms with Crippen LogP contribution >= 0.6 is 11.6 Å². The number of anilines is 1. The quantitative estimate of drug-likeness (QED) is 0.589. The zero-order valence-corrected chi connectivity index (χ0v) is 23.2. The fourth-order valence-corrected chi connectivity index (χ4v) is 6.57. The second-order valence-corrected chi connectivity index (χ2v) is 12.5. The third-order valence-corrected chi connectivity index (χ3v) is 9.30. The van der Waals surface area contributed by atoms with Crippen LogP contribution in [-0.2, 0) is 14.8 Å². The van der Waals surface area contributed by atoms with Crippen LogP contribution < -0.4 is 10.2 Å². The maximum atomic E-state index is 13.2. The summed E-state index contributed by atoms with van der Waals surface area (Å²) < 4.78 is 25.3. The van der Waals surface area contributed by atoms with Gasteiger partial charge in [0.15, 0.2) is 0 Å². The predicted molar refractivity (Wildman–Crippen MR) is 140 cm³/mol. The van der Waals surface area contributed by atoms with Crippen molar-refractivity contribution >= 4 is 39.1 Å². The van der Waals surface area contributed by atoms with E-state index >= 15 is 0 Å². The minimum atomic E-state index is -3.20. The molecule has 10 heteroatoms. The smallest absolute Gasteiger partial charge is 0.251 e. The number of piperidine rings is 2. The number of nitrogens with zero attached hydrogens (tertiary/aromatic N) is 3. The van der Waals surface area contributed by atoms with Crippen molar-refractivity contribution in [2.45, 2.75) is 59.0 Å². The van der Waals surface area contributed by atoms with Crippen LogP contribution in [0.4, 0.5) is 5.69 Å². The summed E-state index contributed by atoms with van der Waals surface area (Å²) in [5.41, 5.74) is 2.21. The molecule has 0 radical (unpaired) electrons. The lowest BCUT2D eigenvalue weighted by Gasteiger charge is -2.39. The van der Waals surface area contributed by atoms with Gasteiger partial charge in [-0.1, -0.05) is 18.5 Å². The number of halogens is 1. The Morgan fingerprint density at radius 3 is 2.43 bits per heavy atom. The molecule has 2 saturated heterocycles. The lowest BCUT2D eigenvalue weighted by atomic mass is 9.83. The molecular formula is C25H39ClN4O4S. The first-order valence-electron chi connectivity index (χ1n) is 12.4. The normalized spacial score (nSPS) is 24.5. The molecule has 8 nitrogen and oxygen atoms in total. The van der Waals surface area contributed by atoms with Crippen molar-refractivity contribution in [3.8, 4) is 0 Å². The van der Waals surface area contributed by atoms with E-state index in [1.807, 2.05) is 27.0 Å². The Morgan fingerprint density at radius 1 is 1.23 bits per heavy atom. The van der Waals surface area contributed by atoms with Gasteiger partial charge >= 0.3 is 0 Å². The molecule has 1 N–H and O–H groups in total. The maximum absolute atomic E-state index is 13.2. The van der Waals surface area contributed by atoms with Gasteiger partial charge in [0, 0.05) is 61.6 Å². The van der Waals surface area contributed by atoms with Gasteiger partial charge in [0.25, 0.3) is 5.91 Å². The number of hydrogen-bond donors (Lipinski definition) is 1. The third kappa shape index (κ3) is 6.12. The largest absolute Gasteiger partial charge is 0.368 e. The molecule has 3 unspecified atom stereocenters. The van der Waals surface area contributed by atoms with E-state index in [1.54, 1.807) is 11.0 Å². The summed E-state index contributed by atoms with van der Waals surface area (Å²) in [6.45, 7) is 10.0. The summed E-state index contributed by atoms with van der Waals surface area (Å²) in [5, 5.41) is 3.45. The number of carbonyl (C=O) groups is 2. The summed E-state index contributed by atoms with van der Waals surface area (Å²) >= 11 is 6.46. The van der Waals surface area contributed by atoms with Gasteiger partial charge in [0.2, 0.25) is 15.9 Å². The van der Waals surface area contributed by atoms with E-state index in [1.165, 1.54) is 10.6 Å². The number of hydrogen-bond acceptors (Lipinski definition) is 5. The zero-order chi connectivity index (χ0) is 26.1. The number of amides is 2. The molecule has 2 aliphatic heterocycles. The van der Waals surface area contributed by atoms with Gasteiger partial charge in [0.1, 0.15) is 0 Å². The maximum Gasteiger partial charge on any atom is 0.251 e. The van der Waals surface area contributed by atoms with Crippen LogP contribution in [0.5, 0.6) is 0 Å². The van der Waals surface area contributed by atoms with E-state index in [4.69, 9.17) is 11.6 Å². The van der Waals surface area contributed by atoms with Crippen molar-refractivity contribution in [2.75, 3.05) is 44.4 Å². The lowest BCUT2D eigenvalue weighted by molar-refractivity contribution is -0.141. The molecule has 0 aromatic heterocycles. The zero-order valence-electron chi connectivity index (χ0n) is 21.7. The second-order valence-electron chi connectivity index (χ2n) is 10.1. The Balaban J connectivity index is 1.76. The Kier molecular flexibility index (Phi) is 8.76. The van der Waals surface area contributed by atoms with Gasteiger partial charge < -0.3 is 15.1 Å². The van der Waals surface area contributed by atoms with Crippen LogP contribution in [0.15, 0.2) is 12.1 Å². The molecule has 1 aromatic carbocycles. The molecule has 3 atom stereocenters. The molecule has 2 aliphatic rings. The summed E-state index contributed by atoms with van der Waals surface area (Å²) in [6.07, 6.45) is 3.58. The number of carbonyl (C=O) groups excluding carboxylic acids is 2. The molecule has 0 spiro atoms. The Morgan fingerprint density at radius 2 is 1.86 bits per heavy atom. The Labute approximate surface area is 215 Å². The van der Waals surface area contributed by atoms with Gasteiger partial charge in [0.05, 0.1) is 12.2 Å². The topological polar surface area (TPSA) is 90.0 Å². The van der Waals surface area contributed by atoms with Gasteiger partial charge in [-0.3, -0.25) is 9.59 Å². The van der Waals surface area contributed by atoms with E-state index in [9.17, 15) is 18.0 Å². The SMILES string of the molecule is CCN(c1cc(Cl)cc(C(=O)NCC2C(=O)N(C)C(C)CC2C)c1C)C1CCN(S(C)(=O)=O)CC1. The van der Waals surface area contributed by atoms with Crippen LogP contribution in [0.25, 0.3) is 0 Å². The van der Waals surface area contributed by atoms with Crippen LogP contribution in [0, 0.1) is 18.8 Å². The van der Waals surface area contributed by atoms with Crippen molar-refractivity contribution in [1.82, 2.24) is 14.5 Å². The lowest BCUT2D eigenvalue weighted by Crippen LogP contribution is -2.51. The highest BCUT2D eigenvalue weighted by Gasteiger charge is 2.36. The predicted octanol–water partition coefficient (Wildman–Crippen LogP) is 3.13. The van der Waals surface area contributed by atoms with Crippen LogP contribution in [0.3, 0.4) is 0 Å². The van der Waals surface area contributed by atoms with Gasteiger partial charge in [-0.05, 0) is 63.6 Å². The van der Waals surface area contributed by atoms with Crippen molar-refractivity contribution in [3.63, 3.8) is 0 Å². The highest BCUT2D eigenvalue weighted by molar-refractivity contribution is 7.88. The molecular weight excluding hydrogens is 488 g/mol. The fraction of sp³-hybridized carbons (Fsp3) is 0.680. The first kappa shape index (κ1) is 27.7. The Hall–Kier alpha value is -1.84. The minimum absolute atomic E-state index is 0.0673. The first-order valence-corrected chi connectivity index (χ1v) is 14.6. The molecule has 0 saturated carbocycles. The van der Waals surface area contributed by atoms with E-state index < -0.39 is 10.0 Å². The van der Waals surface area contributed by atoms with E-state index in [0.29, 0.717) is 49.6 Å². The standard InChI is InChI=1S/C25H39ClN4O4S/c1-7-30(20-8-10-29(11-9-20)35(6,33)34)23-14-19(26)13-21(18(23)4)24(31)27-15-22-16(2)12-17(3)28(5)25(22)32/h13-14,16-17,20,22H,7-12,15H2,1-6H3,(H,27,31). The fourth-order valence-electron chi connectivity index (χ4n) is 5.48.